The number of benzene rings is 3. The van der Waals surface area contributed by atoms with Gasteiger partial charge < -0.3 is 0 Å². The third-order valence-corrected chi connectivity index (χ3v) is 7.82. The number of nitrogens with one attached hydrogen (secondary N) is 1. The van der Waals surface area contributed by atoms with Crippen LogP contribution in [0, 0.1) is 6.92 Å². The Morgan fingerprint density at radius 1 is 0.973 bits per heavy atom. The topological polar surface area (TPSA) is 72.0 Å². The first kappa shape index (κ1) is 27.5. The zero-order chi connectivity index (χ0) is 27.0. The minimum atomic E-state index is -4.68. The van der Waals surface area contributed by atoms with Crippen LogP contribution in [0.15, 0.2) is 76.1 Å². The molecule has 1 aromatic heterocycles. The fourth-order valence-electron chi connectivity index (χ4n) is 3.63. The maximum absolute atomic E-state index is 13.1. The second-order valence-electron chi connectivity index (χ2n) is 7.93. The molecular weight excluding hydrogens is 614 g/mol. The molecular formula is C25H17BrCl2F3N3O2S. The van der Waals surface area contributed by atoms with Gasteiger partial charge in [-0.3, -0.25) is 0 Å². The number of hydrogen-bond acceptors (Lipinski definition) is 4. The predicted octanol–water partition coefficient (Wildman–Crippen LogP) is 7.69. The van der Waals surface area contributed by atoms with Crippen LogP contribution < -0.4 is 4.72 Å². The molecule has 0 saturated carbocycles. The fourth-order valence-corrected chi connectivity index (χ4v) is 5.42. The first-order chi connectivity index (χ1) is 17.3. The van der Waals surface area contributed by atoms with Gasteiger partial charge in [0.2, 0.25) is 10.0 Å². The van der Waals surface area contributed by atoms with Crippen molar-refractivity contribution < 1.29 is 21.6 Å². The van der Waals surface area contributed by atoms with Gasteiger partial charge in [-0.25, -0.2) is 23.1 Å². The van der Waals surface area contributed by atoms with Crippen LogP contribution in [0.4, 0.5) is 13.2 Å². The summed E-state index contributed by atoms with van der Waals surface area (Å²) in [7, 11) is -4.29. The largest absolute Gasteiger partial charge is 0.416 e. The molecule has 5 nitrogen and oxygen atoms in total. The van der Waals surface area contributed by atoms with Crippen LogP contribution >= 0.6 is 39.1 Å². The summed E-state index contributed by atoms with van der Waals surface area (Å²) in [4.78, 5) is 8.53. The molecule has 0 fully saturated rings. The summed E-state index contributed by atoms with van der Waals surface area (Å²) >= 11 is 16.0. The standard InChI is InChI=1S/C25H17BrCl2F3N3O2S/c1-14-23(15-5-7-17(26)8-6-15)24(20-10-9-18(27)12-21(20)28)34-22(33-14)13-32-37(35,36)19-4-2-3-16(11-19)25(29,30)31/h2-12,32H,13H2,1H3. The molecule has 0 unspecified atom stereocenters. The lowest BCUT2D eigenvalue weighted by Crippen LogP contribution is -2.25. The van der Waals surface area contributed by atoms with Crippen molar-refractivity contribution in [1.29, 1.82) is 0 Å². The van der Waals surface area contributed by atoms with Crippen LogP contribution in [0.5, 0.6) is 0 Å². The lowest BCUT2D eigenvalue weighted by molar-refractivity contribution is -0.137. The Labute approximate surface area is 229 Å². The van der Waals surface area contributed by atoms with Crippen molar-refractivity contribution in [1.82, 2.24) is 14.7 Å². The molecule has 1 N–H and O–H groups in total. The van der Waals surface area contributed by atoms with E-state index in [9.17, 15) is 21.6 Å². The summed E-state index contributed by atoms with van der Waals surface area (Å²) in [5.74, 6) is 0.106. The van der Waals surface area contributed by atoms with Crippen molar-refractivity contribution in [2.24, 2.45) is 0 Å². The third-order valence-electron chi connectivity index (χ3n) is 5.35. The number of sulfonamides is 1. The minimum absolute atomic E-state index is 0.106. The molecule has 4 aromatic rings. The zero-order valence-corrected chi connectivity index (χ0v) is 22.9. The molecule has 0 spiro atoms. The van der Waals surface area contributed by atoms with Crippen LogP contribution in [0.25, 0.3) is 22.4 Å². The molecule has 3 aromatic carbocycles. The molecule has 0 aliphatic heterocycles. The Kier molecular flexibility index (Phi) is 7.96. The van der Waals surface area contributed by atoms with Crippen molar-refractivity contribution >= 4 is 49.2 Å². The van der Waals surface area contributed by atoms with E-state index in [2.05, 4.69) is 30.6 Å². The Morgan fingerprint density at radius 2 is 1.68 bits per heavy atom. The van der Waals surface area contributed by atoms with Crippen LogP contribution in [-0.4, -0.2) is 18.4 Å². The van der Waals surface area contributed by atoms with Crippen molar-refractivity contribution in [2.75, 3.05) is 0 Å². The molecule has 0 atom stereocenters. The average molecular weight is 631 g/mol. The van der Waals surface area contributed by atoms with Gasteiger partial charge in [0.1, 0.15) is 5.82 Å². The van der Waals surface area contributed by atoms with E-state index in [0.717, 1.165) is 28.2 Å². The molecule has 12 heteroatoms. The van der Waals surface area contributed by atoms with Gasteiger partial charge >= 0.3 is 6.18 Å². The lowest BCUT2D eigenvalue weighted by atomic mass is 9.98. The predicted molar refractivity (Wildman–Crippen MR) is 141 cm³/mol. The number of alkyl halides is 3. The average Bonchev–Trinajstić information content (AvgIpc) is 2.83. The quantitative estimate of drug-likeness (QED) is 0.237. The highest BCUT2D eigenvalue weighted by Crippen LogP contribution is 2.38. The number of aryl methyl sites for hydroxylation is 1. The van der Waals surface area contributed by atoms with Crippen molar-refractivity contribution in [3.63, 3.8) is 0 Å². The summed E-state index contributed by atoms with van der Waals surface area (Å²) in [6.07, 6.45) is -4.68. The van der Waals surface area contributed by atoms with Crippen LogP contribution in [0.3, 0.4) is 0 Å². The number of nitrogens with zero attached hydrogens (tertiary/aromatic N) is 2. The second kappa shape index (κ2) is 10.7. The van der Waals surface area contributed by atoms with E-state index >= 15 is 0 Å². The van der Waals surface area contributed by atoms with Gasteiger partial charge in [0.25, 0.3) is 0 Å². The Morgan fingerprint density at radius 3 is 2.32 bits per heavy atom. The molecule has 0 aliphatic rings. The van der Waals surface area contributed by atoms with E-state index in [4.69, 9.17) is 23.2 Å². The first-order valence-electron chi connectivity index (χ1n) is 10.6. The van der Waals surface area contributed by atoms with Gasteiger partial charge in [-0.05, 0) is 61.0 Å². The van der Waals surface area contributed by atoms with Gasteiger partial charge in [-0.15, -0.1) is 0 Å². The summed E-state index contributed by atoms with van der Waals surface area (Å²) in [6, 6.07) is 15.9. The molecule has 1 heterocycles. The number of hydrogen-bond donors (Lipinski definition) is 1. The first-order valence-corrected chi connectivity index (χ1v) is 13.6. The Hall–Kier alpha value is -2.50. The maximum Gasteiger partial charge on any atom is 0.416 e. The molecule has 0 aliphatic carbocycles. The van der Waals surface area contributed by atoms with Gasteiger partial charge in [-0.1, -0.05) is 57.3 Å². The second-order valence-corrected chi connectivity index (χ2v) is 11.5. The van der Waals surface area contributed by atoms with Gasteiger partial charge in [0.05, 0.1) is 27.7 Å². The Balaban J connectivity index is 1.75. The van der Waals surface area contributed by atoms with Crippen molar-refractivity contribution in [3.05, 3.63) is 98.3 Å². The number of aromatic nitrogens is 2. The lowest BCUT2D eigenvalue weighted by Gasteiger charge is -2.16. The normalized spacial score (nSPS) is 12.1. The molecule has 0 radical (unpaired) electrons. The number of halogens is 6. The monoisotopic (exact) mass is 629 g/mol. The molecule has 0 amide bonds. The van der Waals surface area contributed by atoms with Crippen molar-refractivity contribution in [3.8, 4) is 22.4 Å². The molecule has 37 heavy (non-hydrogen) atoms. The van der Waals surface area contributed by atoms with E-state index in [-0.39, 0.29) is 12.4 Å². The zero-order valence-electron chi connectivity index (χ0n) is 18.9. The highest BCUT2D eigenvalue weighted by molar-refractivity contribution is 9.10. The number of rotatable bonds is 6. The molecule has 0 saturated heterocycles. The van der Waals surface area contributed by atoms with E-state index in [1.165, 1.54) is 0 Å². The van der Waals surface area contributed by atoms with Gasteiger partial charge in [0.15, 0.2) is 0 Å². The highest BCUT2D eigenvalue weighted by atomic mass is 79.9. The van der Waals surface area contributed by atoms with E-state index in [0.29, 0.717) is 38.6 Å². The van der Waals surface area contributed by atoms with Crippen LogP contribution in [-0.2, 0) is 22.7 Å². The molecule has 0 bridgehead atoms. The summed E-state index contributed by atoms with van der Waals surface area (Å²) in [6.45, 7) is 1.38. The summed E-state index contributed by atoms with van der Waals surface area (Å²) < 4.78 is 67.9. The molecule has 192 valence electrons. The van der Waals surface area contributed by atoms with E-state index in [1.54, 1.807) is 25.1 Å². The van der Waals surface area contributed by atoms with Crippen LogP contribution in [0.1, 0.15) is 17.1 Å². The van der Waals surface area contributed by atoms with E-state index in [1.807, 2.05) is 24.3 Å². The van der Waals surface area contributed by atoms with Gasteiger partial charge in [-0.2, -0.15) is 13.2 Å². The smallest absolute Gasteiger partial charge is 0.236 e. The summed E-state index contributed by atoms with van der Waals surface area (Å²) in [5.41, 5.74) is 1.97. The molecule has 4 rings (SSSR count). The minimum Gasteiger partial charge on any atom is -0.236 e. The van der Waals surface area contributed by atoms with Crippen molar-refractivity contribution in [2.45, 2.75) is 24.5 Å². The van der Waals surface area contributed by atoms with E-state index < -0.39 is 26.7 Å². The maximum atomic E-state index is 13.1. The summed E-state index contributed by atoms with van der Waals surface area (Å²) in [5, 5.41) is 0.762. The third kappa shape index (κ3) is 6.32. The SMILES string of the molecule is Cc1nc(CNS(=O)(=O)c2cccc(C(F)(F)F)c2)nc(-c2ccc(Cl)cc2Cl)c1-c1ccc(Br)cc1. The van der Waals surface area contributed by atoms with Gasteiger partial charge in [0, 0.05) is 26.3 Å². The Bertz CT molecular complexity index is 1580. The van der Waals surface area contributed by atoms with Crippen LogP contribution in [0.2, 0.25) is 10.0 Å². The fraction of sp³-hybridized carbons (Fsp3) is 0.120. The highest BCUT2D eigenvalue weighted by Gasteiger charge is 2.31.